The predicted octanol–water partition coefficient (Wildman–Crippen LogP) is 2.25. The zero-order valence-corrected chi connectivity index (χ0v) is 12.8. The van der Waals surface area contributed by atoms with Crippen LogP contribution >= 0.6 is 0 Å². The van der Waals surface area contributed by atoms with Crippen LogP contribution in [-0.4, -0.2) is 27.0 Å². The van der Waals surface area contributed by atoms with Crippen LogP contribution in [0.5, 0.6) is 0 Å². The largest absolute Gasteiger partial charge is 0.382 e. The van der Waals surface area contributed by atoms with Gasteiger partial charge in [-0.3, -0.25) is 4.79 Å². The first-order valence-electron chi connectivity index (χ1n) is 7.60. The number of nitrogen functional groups attached to an aromatic ring is 1. The van der Waals surface area contributed by atoms with Gasteiger partial charge in [0.25, 0.3) is 0 Å². The summed E-state index contributed by atoms with van der Waals surface area (Å²) < 4.78 is 2.10. The van der Waals surface area contributed by atoms with Crippen LogP contribution in [0, 0.1) is 0 Å². The van der Waals surface area contributed by atoms with Gasteiger partial charge in [0.2, 0.25) is 5.91 Å². The number of aromatic nitrogens is 3. The van der Waals surface area contributed by atoms with E-state index in [-0.39, 0.29) is 5.91 Å². The second kappa shape index (κ2) is 6.48. The van der Waals surface area contributed by atoms with E-state index in [0.29, 0.717) is 12.4 Å². The Morgan fingerprint density at radius 2 is 2.17 bits per heavy atom. The molecule has 3 rings (SSSR count). The van der Waals surface area contributed by atoms with Gasteiger partial charge < -0.3 is 15.6 Å². The summed E-state index contributed by atoms with van der Waals surface area (Å²) in [6, 6.07) is 7.92. The van der Waals surface area contributed by atoms with E-state index in [0.717, 1.165) is 41.3 Å². The van der Waals surface area contributed by atoms with Crippen LogP contribution < -0.4 is 11.1 Å². The van der Waals surface area contributed by atoms with Gasteiger partial charge in [-0.1, -0.05) is 24.8 Å². The molecule has 6 heteroatoms. The number of carbonyl (C=O) groups is 1. The van der Waals surface area contributed by atoms with Crippen molar-refractivity contribution in [3.8, 4) is 0 Å². The van der Waals surface area contributed by atoms with Gasteiger partial charge in [-0.15, -0.1) is 0 Å². The number of unbranched alkanes of at least 4 members (excludes halogenated alkanes) is 1. The van der Waals surface area contributed by atoms with E-state index >= 15 is 0 Å². The number of imidazole rings is 1. The van der Waals surface area contributed by atoms with Gasteiger partial charge in [0, 0.05) is 18.5 Å². The van der Waals surface area contributed by atoms with Gasteiger partial charge in [-0.25, -0.2) is 9.97 Å². The second-order valence-electron chi connectivity index (χ2n) is 5.35. The maximum Gasteiger partial charge on any atom is 0.243 e. The van der Waals surface area contributed by atoms with E-state index in [1.54, 1.807) is 6.33 Å². The summed E-state index contributed by atoms with van der Waals surface area (Å²) in [7, 11) is 0. The first-order chi connectivity index (χ1) is 11.2. The average Bonchev–Trinajstić information content (AvgIpc) is 2.99. The van der Waals surface area contributed by atoms with Crippen LogP contribution in [0.25, 0.3) is 21.9 Å². The average molecular weight is 309 g/mol. The van der Waals surface area contributed by atoms with E-state index in [9.17, 15) is 4.79 Å². The molecule has 0 atom stereocenters. The number of nitrogens with one attached hydrogen (secondary N) is 1. The molecular weight excluding hydrogens is 290 g/mol. The molecule has 118 valence electrons. The summed E-state index contributed by atoms with van der Waals surface area (Å²) in [4.78, 5) is 19.9. The molecule has 0 spiro atoms. The number of rotatable bonds is 6. The fourth-order valence-corrected chi connectivity index (χ4v) is 2.67. The minimum atomic E-state index is -0.136. The number of benzene rings is 1. The number of fused-ring (bicyclic) bond motifs is 3. The van der Waals surface area contributed by atoms with E-state index in [1.165, 1.54) is 6.08 Å². The molecule has 0 aliphatic rings. The molecule has 23 heavy (non-hydrogen) atoms. The third-order valence-electron chi connectivity index (χ3n) is 3.79. The summed E-state index contributed by atoms with van der Waals surface area (Å²) in [5.74, 6) is 0.318. The third-order valence-corrected chi connectivity index (χ3v) is 3.79. The first-order valence-corrected chi connectivity index (χ1v) is 7.60. The number of amides is 1. The number of nitrogens with two attached hydrogens (primary N) is 1. The van der Waals surface area contributed by atoms with Crippen molar-refractivity contribution in [1.29, 1.82) is 0 Å². The quantitative estimate of drug-likeness (QED) is 0.540. The smallest absolute Gasteiger partial charge is 0.243 e. The van der Waals surface area contributed by atoms with Crippen LogP contribution in [0.4, 0.5) is 5.82 Å². The number of hydrogen-bond donors (Lipinski definition) is 2. The second-order valence-corrected chi connectivity index (χ2v) is 5.35. The number of aryl methyl sites for hydroxylation is 1. The van der Waals surface area contributed by atoms with E-state index < -0.39 is 0 Å². The number of carbonyl (C=O) groups excluding carboxylic acids is 1. The van der Waals surface area contributed by atoms with E-state index in [2.05, 4.69) is 26.4 Å². The lowest BCUT2D eigenvalue weighted by Crippen LogP contribution is -2.22. The van der Waals surface area contributed by atoms with Gasteiger partial charge in [-0.2, -0.15) is 0 Å². The SMILES string of the molecule is C=CC(=O)NCCCCn1cnc2c(N)nc3ccccc3c21. The van der Waals surface area contributed by atoms with Crippen molar-refractivity contribution in [3.63, 3.8) is 0 Å². The monoisotopic (exact) mass is 309 g/mol. The molecule has 2 heterocycles. The van der Waals surface area contributed by atoms with Crippen molar-refractivity contribution in [2.75, 3.05) is 12.3 Å². The van der Waals surface area contributed by atoms with Crippen molar-refractivity contribution in [3.05, 3.63) is 43.2 Å². The number of pyridine rings is 1. The Hall–Kier alpha value is -2.89. The van der Waals surface area contributed by atoms with E-state index in [1.807, 2.05) is 24.3 Å². The van der Waals surface area contributed by atoms with Gasteiger partial charge in [0.15, 0.2) is 5.82 Å². The van der Waals surface area contributed by atoms with Crippen LogP contribution in [-0.2, 0) is 11.3 Å². The number of hydrogen-bond acceptors (Lipinski definition) is 4. The third kappa shape index (κ3) is 3.01. The standard InChI is InChI=1S/C17H19N5O/c1-2-14(23)19-9-5-6-10-22-11-20-15-16(22)12-7-3-4-8-13(12)21-17(15)18/h2-4,7-8,11H,1,5-6,9-10H2,(H2,18,21)(H,19,23). The molecule has 3 N–H and O–H groups in total. The van der Waals surface area contributed by atoms with Gasteiger partial charge >= 0.3 is 0 Å². The summed E-state index contributed by atoms with van der Waals surface area (Å²) in [6.07, 6.45) is 4.90. The molecule has 2 aromatic heterocycles. The highest BCUT2D eigenvalue weighted by atomic mass is 16.1. The molecule has 0 saturated heterocycles. The van der Waals surface area contributed by atoms with Crippen molar-refractivity contribution in [1.82, 2.24) is 19.9 Å². The Labute approximate surface area is 134 Å². The van der Waals surface area contributed by atoms with Crippen LogP contribution in [0.15, 0.2) is 43.2 Å². The lowest BCUT2D eigenvalue weighted by atomic mass is 10.2. The minimum Gasteiger partial charge on any atom is -0.382 e. The molecule has 3 aromatic rings. The van der Waals surface area contributed by atoms with Crippen molar-refractivity contribution < 1.29 is 4.79 Å². The van der Waals surface area contributed by atoms with E-state index in [4.69, 9.17) is 5.73 Å². The number of anilines is 1. The highest BCUT2D eigenvalue weighted by Crippen LogP contribution is 2.27. The molecule has 0 bridgehead atoms. The summed E-state index contributed by atoms with van der Waals surface area (Å²) >= 11 is 0. The molecule has 1 aromatic carbocycles. The van der Waals surface area contributed by atoms with Gasteiger partial charge in [0.05, 0.1) is 17.4 Å². The summed E-state index contributed by atoms with van der Waals surface area (Å²) in [6.45, 7) is 4.88. The zero-order chi connectivity index (χ0) is 16.2. The van der Waals surface area contributed by atoms with Crippen molar-refractivity contribution in [2.45, 2.75) is 19.4 Å². The molecule has 0 unspecified atom stereocenters. The predicted molar refractivity (Wildman–Crippen MR) is 91.9 cm³/mol. The van der Waals surface area contributed by atoms with Crippen molar-refractivity contribution in [2.24, 2.45) is 0 Å². The number of para-hydroxylation sites is 1. The van der Waals surface area contributed by atoms with Gasteiger partial charge in [0.1, 0.15) is 5.52 Å². The molecular formula is C17H19N5O. The van der Waals surface area contributed by atoms with Crippen LogP contribution in [0.2, 0.25) is 0 Å². The molecule has 0 aliphatic carbocycles. The highest BCUT2D eigenvalue weighted by molar-refractivity contribution is 6.06. The summed E-state index contributed by atoms with van der Waals surface area (Å²) in [5.41, 5.74) is 8.65. The minimum absolute atomic E-state index is 0.136. The molecule has 0 fully saturated rings. The molecule has 0 aliphatic heterocycles. The maximum atomic E-state index is 11.1. The maximum absolute atomic E-state index is 11.1. The van der Waals surface area contributed by atoms with Crippen LogP contribution in [0.3, 0.4) is 0 Å². The molecule has 0 radical (unpaired) electrons. The highest BCUT2D eigenvalue weighted by Gasteiger charge is 2.11. The first kappa shape index (κ1) is 15.0. The lowest BCUT2D eigenvalue weighted by Gasteiger charge is -2.08. The molecule has 0 saturated carbocycles. The van der Waals surface area contributed by atoms with Crippen LogP contribution in [0.1, 0.15) is 12.8 Å². The van der Waals surface area contributed by atoms with Crippen molar-refractivity contribution >= 4 is 33.7 Å². The fraction of sp³-hybridized carbons (Fsp3) is 0.235. The Morgan fingerprint density at radius 3 is 3.00 bits per heavy atom. The number of nitrogens with zero attached hydrogens (tertiary/aromatic N) is 3. The molecule has 6 nitrogen and oxygen atoms in total. The molecule has 1 amide bonds. The zero-order valence-electron chi connectivity index (χ0n) is 12.8. The topological polar surface area (TPSA) is 85.8 Å². The Balaban J connectivity index is 1.79. The fourth-order valence-electron chi connectivity index (χ4n) is 2.67. The van der Waals surface area contributed by atoms with Gasteiger partial charge in [-0.05, 0) is 25.0 Å². The Kier molecular flexibility index (Phi) is 4.23. The lowest BCUT2D eigenvalue weighted by molar-refractivity contribution is -0.116. The Bertz CT molecular complexity index is 868. The summed E-state index contributed by atoms with van der Waals surface area (Å²) in [5, 5.41) is 3.83. The normalized spacial score (nSPS) is 11.0. The Morgan fingerprint density at radius 1 is 1.35 bits per heavy atom.